The molecule has 2 heterocycles. The van der Waals surface area contributed by atoms with Gasteiger partial charge in [0.25, 0.3) is 0 Å². The molecule has 2 rings (SSSR count). The van der Waals surface area contributed by atoms with Crippen LogP contribution in [0.1, 0.15) is 74.7 Å². The summed E-state index contributed by atoms with van der Waals surface area (Å²) >= 11 is 0. The zero-order chi connectivity index (χ0) is 34.6. The lowest BCUT2D eigenvalue weighted by molar-refractivity contribution is -0.302. The molecule has 0 radical (unpaired) electrons. The molecule has 4 N–H and O–H groups in total. The van der Waals surface area contributed by atoms with Gasteiger partial charge in [-0.1, -0.05) is 27.7 Å². The normalized spacial score (nSPS) is 44.6. The minimum Gasteiger partial charge on any atom is -0.459 e. The topological polar surface area (TPSA) is 158 Å². The summed E-state index contributed by atoms with van der Waals surface area (Å²) in [5, 5.41) is 45.7. The molecule has 0 spiro atoms. The Morgan fingerprint density at radius 1 is 0.956 bits per heavy atom. The van der Waals surface area contributed by atoms with Crippen LogP contribution < -0.4 is 0 Å². The Bertz CT molecular complexity index is 966. The van der Waals surface area contributed by atoms with E-state index < -0.39 is 77.7 Å². The van der Waals surface area contributed by atoms with Crippen LogP contribution in [0.25, 0.3) is 0 Å². The van der Waals surface area contributed by atoms with Crippen LogP contribution in [0.3, 0.4) is 0 Å². The molecule has 12 heteroatoms. The Labute approximate surface area is 270 Å². The monoisotopic (exact) mass is 646 g/mol. The van der Waals surface area contributed by atoms with Gasteiger partial charge in [-0.3, -0.25) is 14.5 Å². The van der Waals surface area contributed by atoms with Crippen LogP contribution in [0.15, 0.2) is 0 Å². The van der Waals surface area contributed by atoms with Crippen LogP contribution in [-0.2, 0) is 28.5 Å². The SMILES string of the molecule is CC[C@H]1OC(=O)[C@H](C)[C@@H](O)[C@H](C)[C@@H](O[C@@H]2O[C@H](C)C[C@H](N(C)CCN(C)C)[C@H]2O)[C@@](C)(OC)C[C@@H](C)C(=O)[C@H](C)[C@@H](O)[C@]1(C)O. The van der Waals surface area contributed by atoms with E-state index in [2.05, 4.69) is 9.80 Å². The molecule has 0 amide bonds. The smallest absolute Gasteiger partial charge is 0.311 e. The first-order valence-corrected chi connectivity index (χ1v) is 16.4. The first-order valence-electron chi connectivity index (χ1n) is 16.4. The molecule has 0 saturated carbocycles. The Morgan fingerprint density at radius 3 is 2.09 bits per heavy atom. The van der Waals surface area contributed by atoms with E-state index >= 15 is 0 Å². The van der Waals surface area contributed by atoms with Gasteiger partial charge in [-0.05, 0) is 68.1 Å². The molecule has 2 aliphatic rings. The number of methoxy groups -OCH3 is 1. The summed E-state index contributed by atoms with van der Waals surface area (Å²) in [5.41, 5.74) is -3.13. The molecule has 0 aromatic heterocycles. The van der Waals surface area contributed by atoms with Gasteiger partial charge in [-0.15, -0.1) is 0 Å². The first-order chi connectivity index (χ1) is 20.7. The molecule has 14 atom stereocenters. The fourth-order valence-electron chi connectivity index (χ4n) is 7.03. The summed E-state index contributed by atoms with van der Waals surface area (Å²) in [6.07, 6.45) is -6.35. The van der Waals surface area contributed by atoms with E-state index in [1.165, 1.54) is 21.0 Å². The third kappa shape index (κ3) is 9.23. The molecule has 2 saturated heterocycles. The van der Waals surface area contributed by atoms with Gasteiger partial charge in [0.15, 0.2) is 6.29 Å². The van der Waals surface area contributed by atoms with Gasteiger partial charge in [-0.2, -0.15) is 0 Å². The van der Waals surface area contributed by atoms with Gasteiger partial charge in [0.2, 0.25) is 0 Å². The second-order valence-corrected chi connectivity index (χ2v) is 14.4. The van der Waals surface area contributed by atoms with E-state index in [0.717, 1.165) is 13.1 Å². The highest BCUT2D eigenvalue weighted by Gasteiger charge is 2.52. The molecular weight excluding hydrogens is 584 g/mol. The zero-order valence-corrected chi connectivity index (χ0v) is 29.6. The average Bonchev–Trinajstić information content (AvgIpc) is 2.99. The summed E-state index contributed by atoms with van der Waals surface area (Å²) in [7, 11) is 7.42. The Balaban J connectivity index is 2.56. The van der Waals surface area contributed by atoms with Crippen molar-refractivity contribution in [3.05, 3.63) is 0 Å². The second kappa shape index (κ2) is 16.3. The molecule has 0 unspecified atom stereocenters. The molecule has 264 valence electrons. The van der Waals surface area contributed by atoms with Crippen molar-refractivity contribution in [2.45, 2.75) is 135 Å². The molecule has 12 nitrogen and oxygen atoms in total. The van der Waals surface area contributed by atoms with Crippen molar-refractivity contribution in [3.8, 4) is 0 Å². The number of carbonyl (C=O) groups excluding carboxylic acids is 2. The molecule has 0 aromatic rings. The van der Waals surface area contributed by atoms with Crippen LogP contribution in [0.4, 0.5) is 0 Å². The molecule has 45 heavy (non-hydrogen) atoms. The fraction of sp³-hybridized carbons (Fsp3) is 0.939. The van der Waals surface area contributed by atoms with Crippen molar-refractivity contribution in [2.75, 3.05) is 41.3 Å². The standard InChI is InChI=1S/C33H62N2O10/c1-13-24-33(8,41)28(39)20(4)25(36)18(2)17-32(7,42-12)29(21(5)26(37)22(6)30(40)44-24)45-31-27(38)23(16-19(3)43-31)35(11)15-14-34(9)10/h18-24,26-29,31,37-39,41H,13-17H2,1-12H3/t18-,19-,20+,21+,22-,23+,24-,26+,27-,28-,29-,31+,32+,33-/m1/s1. The predicted molar refractivity (Wildman–Crippen MR) is 169 cm³/mol. The van der Waals surface area contributed by atoms with Crippen LogP contribution in [0.2, 0.25) is 0 Å². The summed E-state index contributed by atoms with van der Waals surface area (Å²) in [6, 6.07) is -0.262. The molecule has 0 aliphatic carbocycles. The Morgan fingerprint density at radius 2 is 1.56 bits per heavy atom. The number of carbonyl (C=O) groups is 2. The van der Waals surface area contributed by atoms with Crippen molar-refractivity contribution in [1.29, 1.82) is 0 Å². The highest BCUT2D eigenvalue weighted by molar-refractivity contribution is 5.83. The van der Waals surface area contributed by atoms with Gasteiger partial charge in [-0.25, -0.2) is 0 Å². The molecule has 0 aromatic carbocycles. The van der Waals surface area contributed by atoms with E-state index in [0.29, 0.717) is 6.42 Å². The number of rotatable bonds is 8. The quantitative estimate of drug-likeness (QED) is 0.282. The molecule has 2 aliphatic heterocycles. The van der Waals surface area contributed by atoms with E-state index in [1.807, 2.05) is 28.1 Å². The number of Topliss-reactive ketones (excluding diaryl/α,β-unsaturated/α-hetero) is 1. The van der Waals surface area contributed by atoms with Crippen LogP contribution >= 0.6 is 0 Å². The summed E-state index contributed by atoms with van der Waals surface area (Å²) in [4.78, 5) is 31.2. The number of cyclic esters (lactones) is 1. The number of esters is 1. The number of aliphatic hydroxyl groups excluding tert-OH is 3. The predicted octanol–water partition coefficient (Wildman–Crippen LogP) is 1.45. The molecule has 0 bridgehead atoms. The molecule has 2 fully saturated rings. The lowest BCUT2D eigenvalue weighted by Crippen LogP contribution is -2.60. The summed E-state index contributed by atoms with van der Waals surface area (Å²) in [6.45, 7) is 14.8. The van der Waals surface area contributed by atoms with Crippen LogP contribution in [-0.4, -0.2) is 143 Å². The van der Waals surface area contributed by atoms with E-state index in [1.54, 1.807) is 34.6 Å². The minimum absolute atomic E-state index is 0.129. The highest BCUT2D eigenvalue weighted by atomic mass is 16.7. The lowest BCUT2D eigenvalue weighted by atomic mass is 9.74. The number of hydrogen-bond acceptors (Lipinski definition) is 12. The number of ketones is 1. The van der Waals surface area contributed by atoms with E-state index in [9.17, 15) is 30.0 Å². The van der Waals surface area contributed by atoms with Crippen molar-refractivity contribution >= 4 is 11.8 Å². The average molecular weight is 647 g/mol. The van der Waals surface area contributed by atoms with Gasteiger partial charge >= 0.3 is 5.97 Å². The first kappa shape index (κ1) is 40.0. The largest absolute Gasteiger partial charge is 0.459 e. The van der Waals surface area contributed by atoms with Crippen molar-refractivity contribution in [1.82, 2.24) is 9.80 Å². The zero-order valence-electron chi connectivity index (χ0n) is 29.6. The number of nitrogens with zero attached hydrogens (tertiary/aromatic N) is 2. The minimum atomic E-state index is -1.92. The van der Waals surface area contributed by atoms with Gasteiger partial charge in [0, 0.05) is 44.0 Å². The number of hydrogen-bond donors (Lipinski definition) is 4. The maximum atomic E-state index is 13.7. The third-order valence-electron chi connectivity index (χ3n) is 10.3. The fourth-order valence-corrected chi connectivity index (χ4v) is 7.03. The van der Waals surface area contributed by atoms with Gasteiger partial charge < -0.3 is 44.3 Å². The van der Waals surface area contributed by atoms with Crippen LogP contribution in [0.5, 0.6) is 0 Å². The van der Waals surface area contributed by atoms with Crippen molar-refractivity contribution in [3.63, 3.8) is 0 Å². The van der Waals surface area contributed by atoms with Crippen LogP contribution in [0, 0.1) is 23.7 Å². The Hall–Kier alpha value is -1.22. The maximum absolute atomic E-state index is 13.7. The lowest BCUT2D eigenvalue weighted by Gasteiger charge is -2.48. The van der Waals surface area contributed by atoms with Crippen molar-refractivity contribution < 1.29 is 49.0 Å². The van der Waals surface area contributed by atoms with E-state index in [-0.39, 0.29) is 30.8 Å². The third-order valence-corrected chi connectivity index (χ3v) is 10.3. The number of likely N-dealkylation sites (N-methyl/N-ethyl adjacent to an activating group) is 2. The van der Waals surface area contributed by atoms with E-state index in [4.69, 9.17) is 18.9 Å². The Kier molecular flexibility index (Phi) is 14.4. The van der Waals surface area contributed by atoms with Gasteiger partial charge in [0.05, 0.1) is 35.9 Å². The highest BCUT2D eigenvalue weighted by Crippen LogP contribution is 2.39. The summed E-state index contributed by atoms with van der Waals surface area (Å²) in [5.74, 6) is -4.53. The summed E-state index contributed by atoms with van der Waals surface area (Å²) < 4.78 is 24.5. The second-order valence-electron chi connectivity index (χ2n) is 14.4. The van der Waals surface area contributed by atoms with Crippen molar-refractivity contribution in [2.24, 2.45) is 23.7 Å². The maximum Gasteiger partial charge on any atom is 0.311 e. The number of ether oxygens (including phenoxy) is 4. The van der Waals surface area contributed by atoms with Gasteiger partial charge in [0.1, 0.15) is 23.6 Å². The number of aliphatic hydroxyl groups is 4. The molecular formula is C33H62N2O10.